The molecule has 1 atom stereocenters. The molecule has 0 amide bonds. The van der Waals surface area contributed by atoms with Crippen molar-refractivity contribution in [3.63, 3.8) is 0 Å². The molecule has 0 bridgehead atoms. The van der Waals surface area contributed by atoms with Crippen LogP contribution >= 0.6 is 23.2 Å². The summed E-state index contributed by atoms with van der Waals surface area (Å²) < 4.78 is 11.3. The summed E-state index contributed by atoms with van der Waals surface area (Å²) in [6.07, 6.45) is 0. The fourth-order valence-corrected chi connectivity index (χ4v) is 2.83. The van der Waals surface area contributed by atoms with Crippen LogP contribution in [0.3, 0.4) is 0 Å². The smallest absolute Gasteiger partial charge is 0.186 e. The SMILES string of the molecule is Clc1ccc2c(c1N1CCNCC1Cl)OCCO2. The van der Waals surface area contributed by atoms with E-state index in [0.717, 1.165) is 31.1 Å². The largest absolute Gasteiger partial charge is 0.486 e. The Labute approximate surface area is 116 Å². The van der Waals surface area contributed by atoms with Gasteiger partial charge in [0.2, 0.25) is 0 Å². The number of alkyl halides is 1. The molecule has 1 aromatic rings. The molecular weight excluding hydrogens is 275 g/mol. The average Bonchev–Trinajstić information content (AvgIpc) is 2.40. The summed E-state index contributed by atoms with van der Waals surface area (Å²) in [6.45, 7) is 3.51. The van der Waals surface area contributed by atoms with Crippen LogP contribution in [0.15, 0.2) is 12.1 Å². The molecule has 0 radical (unpaired) electrons. The zero-order chi connectivity index (χ0) is 12.5. The quantitative estimate of drug-likeness (QED) is 0.634. The maximum Gasteiger partial charge on any atom is 0.186 e. The lowest BCUT2D eigenvalue weighted by molar-refractivity contribution is 0.172. The highest BCUT2D eigenvalue weighted by atomic mass is 35.5. The van der Waals surface area contributed by atoms with E-state index in [4.69, 9.17) is 32.7 Å². The number of rotatable bonds is 1. The van der Waals surface area contributed by atoms with Gasteiger partial charge in [-0.2, -0.15) is 0 Å². The fraction of sp³-hybridized carbons (Fsp3) is 0.500. The Balaban J connectivity index is 2.04. The molecule has 0 saturated carbocycles. The molecule has 4 nitrogen and oxygen atoms in total. The first-order valence-corrected chi connectivity index (χ1v) is 6.78. The third kappa shape index (κ3) is 2.09. The number of nitrogens with zero attached hydrogens (tertiary/aromatic N) is 1. The van der Waals surface area contributed by atoms with Crippen molar-refractivity contribution in [2.75, 3.05) is 37.7 Å². The number of piperazine rings is 1. The average molecular weight is 289 g/mol. The van der Waals surface area contributed by atoms with Crippen molar-refractivity contribution in [3.05, 3.63) is 17.2 Å². The molecule has 0 aliphatic carbocycles. The summed E-state index contributed by atoms with van der Waals surface area (Å²) in [7, 11) is 0. The Hall–Kier alpha value is -0.840. The number of anilines is 1. The van der Waals surface area contributed by atoms with Gasteiger partial charge in [0.1, 0.15) is 24.4 Å². The lowest BCUT2D eigenvalue weighted by Gasteiger charge is -2.36. The Morgan fingerprint density at radius 1 is 1.28 bits per heavy atom. The predicted octanol–water partition coefficient (Wildman–Crippen LogP) is 2.09. The van der Waals surface area contributed by atoms with Gasteiger partial charge in [0.15, 0.2) is 11.5 Å². The van der Waals surface area contributed by atoms with E-state index in [1.807, 2.05) is 12.1 Å². The minimum atomic E-state index is -0.131. The fourth-order valence-electron chi connectivity index (χ4n) is 2.27. The predicted molar refractivity (Wildman–Crippen MR) is 72.3 cm³/mol. The van der Waals surface area contributed by atoms with E-state index in [0.29, 0.717) is 24.0 Å². The van der Waals surface area contributed by atoms with Crippen LogP contribution < -0.4 is 19.7 Å². The minimum Gasteiger partial charge on any atom is -0.486 e. The van der Waals surface area contributed by atoms with Crippen molar-refractivity contribution < 1.29 is 9.47 Å². The highest BCUT2D eigenvalue weighted by molar-refractivity contribution is 6.34. The number of hydrogen-bond donors (Lipinski definition) is 1. The normalized spacial score (nSPS) is 23.0. The molecule has 18 heavy (non-hydrogen) atoms. The van der Waals surface area contributed by atoms with E-state index in [1.54, 1.807) is 0 Å². The summed E-state index contributed by atoms with van der Waals surface area (Å²) in [5.74, 6) is 1.45. The van der Waals surface area contributed by atoms with Crippen LogP contribution in [0.4, 0.5) is 5.69 Å². The maximum atomic E-state index is 6.34. The van der Waals surface area contributed by atoms with E-state index < -0.39 is 0 Å². The Morgan fingerprint density at radius 2 is 2.11 bits per heavy atom. The first-order chi connectivity index (χ1) is 8.77. The lowest BCUT2D eigenvalue weighted by Crippen LogP contribution is -2.49. The zero-order valence-corrected chi connectivity index (χ0v) is 11.3. The minimum absolute atomic E-state index is 0.131. The standard InChI is InChI=1S/C12H14Cl2N2O2/c13-8-1-2-9-12(18-6-5-17-9)11(8)16-4-3-15-7-10(16)14/h1-2,10,15H,3-7H2. The molecule has 3 rings (SSSR count). The molecule has 1 unspecified atom stereocenters. The summed E-state index contributed by atoms with van der Waals surface area (Å²) in [5.41, 5.74) is 0.712. The van der Waals surface area contributed by atoms with Crippen LogP contribution in [0, 0.1) is 0 Å². The number of fused-ring (bicyclic) bond motifs is 1. The van der Waals surface area contributed by atoms with E-state index in [9.17, 15) is 0 Å². The number of benzene rings is 1. The monoisotopic (exact) mass is 288 g/mol. The van der Waals surface area contributed by atoms with Crippen molar-refractivity contribution in [3.8, 4) is 11.5 Å². The number of nitrogens with one attached hydrogen (secondary N) is 1. The second-order valence-electron chi connectivity index (χ2n) is 4.25. The second-order valence-corrected chi connectivity index (χ2v) is 5.16. The summed E-state index contributed by atoms with van der Waals surface area (Å²) in [4.78, 5) is 2.06. The van der Waals surface area contributed by atoms with Crippen molar-refractivity contribution in [2.24, 2.45) is 0 Å². The van der Waals surface area contributed by atoms with Crippen molar-refractivity contribution in [2.45, 2.75) is 5.50 Å². The Morgan fingerprint density at radius 3 is 2.94 bits per heavy atom. The topological polar surface area (TPSA) is 33.7 Å². The first kappa shape index (κ1) is 12.2. The first-order valence-electron chi connectivity index (χ1n) is 5.97. The molecule has 1 N–H and O–H groups in total. The van der Waals surface area contributed by atoms with Gasteiger partial charge < -0.3 is 19.7 Å². The van der Waals surface area contributed by atoms with Crippen LogP contribution in [0.5, 0.6) is 11.5 Å². The highest BCUT2D eigenvalue weighted by Crippen LogP contribution is 2.45. The van der Waals surface area contributed by atoms with Crippen LogP contribution in [-0.4, -0.2) is 38.3 Å². The Bertz CT molecular complexity index is 456. The molecular formula is C12H14Cl2N2O2. The van der Waals surface area contributed by atoms with E-state index in [-0.39, 0.29) is 5.50 Å². The van der Waals surface area contributed by atoms with E-state index >= 15 is 0 Å². The number of hydrogen-bond acceptors (Lipinski definition) is 4. The van der Waals surface area contributed by atoms with Crippen LogP contribution in [0.1, 0.15) is 0 Å². The number of halogens is 2. The Kier molecular flexibility index (Phi) is 3.41. The third-order valence-electron chi connectivity index (χ3n) is 3.10. The van der Waals surface area contributed by atoms with Crippen LogP contribution in [0.25, 0.3) is 0 Å². The van der Waals surface area contributed by atoms with Crippen molar-refractivity contribution in [1.82, 2.24) is 5.32 Å². The maximum absolute atomic E-state index is 6.34. The van der Waals surface area contributed by atoms with E-state index in [1.165, 1.54) is 0 Å². The zero-order valence-electron chi connectivity index (χ0n) is 9.79. The lowest BCUT2D eigenvalue weighted by atomic mass is 10.2. The summed E-state index contributed by atoms with van der Waals surface area (Å²) in [6, 6.07) is 3.67. The van der Waals surface area contributed by atoms with Gasteiger partial charge in [-0.05, 0) is 12.1 Å². The van der Waals surface area contributed by atoms with Gasteiger partial charge in [-0.15, -0.1) is 0 Å². The molecule has 2 aliphatic heterocycles. The molecule has 6 heteroatoms. The third-order valence-corrected chi connectivity index (χ3v) is 3.80. The molecule has 1 aromatic carbocycles. The van der Waals surface area contributed by atoms with Crippen molar-refractivity contribution >= 4 is 28.9 Å². The molecule has 98 valence electrons. The molecule has 1 fully saturated rings. The van der Waals surface area contributed by atoms with Gasteiger partial charge in [-0.25, -0.2) is 0 Å². The molecule has 0 aromatic heterocycles. The van der Waals surface area contributed by atoms with Crippen LogP contribution in [0.2, 0.25) is 5.02 Å². The summed E-state index contributed by atoms with van der Waals surface area (Å²) >= 11 is 12.6. The van der Waals surface area contributed by atoms with Gasteiger partial charge in [0, 0.05) is 19.6 Å². The van der Waals surface area contributed by atoms with Crippen LogP contribution in [-0.2, 0) is 0 Å². The molecule has 2 heterocycles. The van der Waals surface area contributed by atoms with Gasteiger partial charge in [0.25, 0.3) is 0 Å². The van der Waals surface area contributed by atoms with Gasteiger partial charge in [0.05, 0.1) is 5.02 Å². The second kappa shape index (κ2) is 5.03. The molecule has 0 spiro atoms. The molecule has 1 saturated heterocycles. The highest BCUT2D eigenvalue weighted by Gasteiger charge is 2.28. The number of ether oxygens (including phenoxy) is 2. The van der Waals surface area contributed by atoms with Crippen molar-refractivity contribution in [1.29, 1.82) is 0 Å². The van der Waals surface area contributed by atoms with E-state index in [2.05, 4.69) is 10.2 Å². The van der Waals surface area contributed by atoms with Gasteiger partial charge in [-0.3, -0.25) is 0 Å². The summed E-state index contributed by atoms with van der Waals surface area (Å²) in [5, 5.41) is 3.89. The molecule has 2 aliphatic rings. The van der Waals surface area contributed by atoms with Gasteiger partial charge >= 0.3 is 0 Å². The van der Waals surface area contributed by atoms with Gasteiger partial charge in [-0.1, -0.05) is 23.2 Å².